The van der Waals surface area contributed by atoms with E-state index in [9.17, 15) is 9.59 Å². The van der Waals surface area contributed by atoms with Crippen molar-refractivity contribution in [3.8, 4) is 0 Å². The fraction of sp³-hybridized carbons (Fsp3) is 0.500. The van der Waals surface area contributed by atoms with Gasteiger partial charge in [-0.3, -0.25) is 9.69 Å². The summed E-state index contributed by atoms with van der Waals surface area (Å²) in [6.07, 6.45) is 2.17. The number of likely N-dealkylation sites (N-methyl/N-ethyl adjacent to an activating group) is 1. The van der Waals surface area contributed by atoms with Crippen LogP contribution in [0.25, 0.3) is 0 Å². The third-order valence-electron chi connectivity index (χ3n) is 4.76. The van der Waals surface area contributed by atoms with E-state index in [2.05, 4.69) is 5.32 Å². The van der Waals surface area contributed by atoms with Crippen molar-refractivity contribution in [2.75, 3.05) is 26.7 Å². The molecule has 1 aromatic heterocycles. The standard InChI is InChI=1S/C16H19N3O3S/c1-18-12-8-19(7-11-3-2-5-22-11)15(20)13(12)14(17-16(18)21)10-4-6-23-9-10/h4,6,9,11,14H,2-3,5,7-8H2,1H3,(H,17,21)/t11-,14-/m1/s1. The maximum atomic E-state index is 12.9. The average Bonchev–Trinajstić information content (AvgIpc) is 3.26. The highest BCUT2D eigenvalue weighted by Crippen LogP contribution is 2.36. The van der Waals surface area contributed by atoms with E-state index in [1.807, 2.05) is 21.7 Å². The molecule has 23 heavy (non-hydrogen) atoms. The topological polar surface area (TPSA) is 61.9 Å². The van der Waals surface area contributed by atoms with Gasteiger partial charge in [0.05, 0.1) is 30.0 Å². The molecule has 0 unspecified atom stereocenters. The van der Waals surface area contributed by atoms with Gasteiger partial charge in [-0.05, 0) is 35.2 Å². The number of urea groups is 1. The monoisotopic (exact) mass is 333 g/mol. The van der Waals surface area contributed by atoms with Gasteiger partial charge in [0, 0.05) is 20.2 Å². The van der Waals surface area contributed by atoms with Crippen LogP contribution in [0, 0.1) is 0 Å². The lowest BCUT2D eigenvalue weighted by Gasteiger charge is -2.30. The summed E-state index contributed by atoms with van der Waals surface area (Å²) in [5.41, 5.74) is 2.48. The first-order valence-corrected chi connectivity index (χ1v) is 8.79. The molecule has 1 fully saturated rings. The molecule has 3 aliphatic heterocycles. The van der Waals surface area contributed by atoms with E-state index in [1.165, 1.54) is 0 Å². The molecule has 4 rings (SSSR count). The van der Waals surface area contributed by atoms with E-state index >= 15 is 0 Å². The Morgan fingerprint density at radius 1 is 1.43 bits per heavy atom. The molecule has 3 amide bonds. The number of ether oxygens (including phenoxy) is 1. The van der Waals surface area contributed by atoms with Crippen LogP contribution in [0.1, 0.15) is 24.4 Å². The lowest BCUT2D eigenvalue weighted by atomic mass is 9.98. The fourth-order valence-electron chi connectivity index (χ4n) is 3.49. The molecule has 3 aliphatic rings. The van der Waals surface area contributed by atoms with Gasteiger partial charge in [0.2, 0.25) is 0 Å². The first kappa shape index (κ1) is 14.7. The van der Waals surface area contributed by atoms with Crippen LogP contribution in [0.3, 0.4) is 0 Å². The van der Waals surface area contributed by atoms with Gasteiger partial charge in [0.1, 0.15) is 0 Å². The molecule has 0 bridgehead atoms. The lowest BCUT2D eigenvalue weighted by Crippen LogP contribution is -2.45. The predicted octanol–water partition coefficient (Wildman–Crippen LogP) is 1.72. The summed E-state index contributed by atoms with van der Waals surface area (Å²) in [6, 6.07) is 1.45. The Hall–Kier alpha value is -1.86. The number of rotatable bonds is 3. The predicted molar refractivity (Wildman–Crippen MR) is 85.9 cm³/mol. The number of nitrogens with zero attached hydrogens (tertiary/aromatic N) is 2. The van der Waals surface area contributed by atoms with Crippen molar-refractivity contribution in [3.05, 3.63) is 33.7 Å². The van der Waals surface area contributed by atoms with Crippen molar-refractivity contribution in [1.82, 2.24) is 15.1 Å². The van der Waals surface area contributed by atoms with E-state index in [-0.39, 0.29) is 24.1 Å². The highest BCUT2D eigenvalue weighted by molar-refractivity contribution is 7.08. The number of carbonyl (C=O) groups is 2. The molecule has 1 N–H and O–H groups in total. The van der Waals surface area contributed by atoms with Gasteiger partial charge in [-0.1, -0.05) is 0 Å². The van der Waals surface area contributed by atoms with E-state index in [0.29, 0.717) is 18.7 Å². The van der Waals surface area contributed by atoms with Crippen LogP contribution in [0.2, 0.25) is 0 Å². The van der Waals surface area contributed by atoms with Crippen LogP contribution in [-0.4, -0.2) is 54.6 Å². The SMILES string of the molecule is CN1C(=O)N[C@H](c2ccsc2)C2=C1CN(C[C@H]1CCCO1)C2=O. The molecule has 1 saturated heterocycles. The number of thiophene rings is 1. The molecular formula is C16H19N3O3S. The van der Waals surface area contributed by atoms with E-state index in [1.54, 1.807) is 23.3 Å². The van der Waals surface area contributed by atoms with Crippen LogP contribution in [0.5, 0.6) is 0 Å². The Balaban J connectivity index is 1.63. The van der Waals surface area contributed by atoms with Crippen molar-refractivity contribution in [2.45, 2.75) is 25.0 Å². The van der Waals surface area contributed by atoms with Crippen molar-refractivity contribution < 1.29 is 14.3 Å². The molecule has 122 valence electrons. The third-order valence-corrected chi connectivity index (χ3v) is 5.46. The smallest absolute Gasteiger partial charge is 0.322 e. The van der Waals surface area contributed by atoms with Crippen molar-refractivity contribution in [2.24, 2.45) is 0 Å². The minimum atomic E-state index is -0.345. The van der Waals surface area contributed by atoms with Crippen LogP contribution in [0.4, 0.5) is 4.79 Å². The Bertz CT molecular complexity index is 664. The summed E-state index contributed by atoms with van der Waals surface area (Å²) in [6.45, 7) is 1.86. The molecule has 2 atom stereocenters. The second kappa shape index (κ2) is 5.65. The molecule has 0 radical (unpaired) electrons. The summed E-state index contributed by atoms with van der Waals surface area (Å²) in [5, 5.41) is 6.89. The molecule has 6 nitrogen and oxygen atoms in total. The highest BCUT2D eigenvalue weighted by atomic mass is 32.1. The van der Waals surface area contributed by atoms with Gasteiger partial charge in [-0.2, -0.15) is 11.3 Å². The largest absolute Gasteiger partial charge is 0.376 e. The van der Waals surface area contributed by atoms with Gasteiger partial charge in [-0.25, -0.2) is 4.79 Å². The second-order valence-corrected chi connectivity index (χ2v) is 6.96. The maximum absolute atomic E-state index is 12.9. The molecule has 0 aromatic carbocycles. The molecule has 0 saturated carbocycles. The lowest BCUT2D eigenvalue weighted by molar-refractivity contribution is -0.127. The van der Waals surface area contributed by atoms with E-state index in [4.69, 9.17) is 4.74 Å². The number of carbonyl (C=O) groups excluding carboxylic acids is 2. The minimum Gasteiger partial charge on any atom is -0.376 e. The van der Waals surface area contributed by atoms with Crippen LogP contribution in [0.15, 0.2) is 28.1 Å². The third kappa shape index (κ3) is 2.44. The number of hydrogen-bond acceptors (Lipinski definition) is 4. The molecule has 4 heterocycles. The Labute approximate surface area is 138 Å². The Morgan fingerprint density at radius 2 is 2.30 bits per heavy atom. The zero-order valence-corrected chi connectivity index (χ0v) is 13.8. The molecule has 7 heteroatoms. The zero-order valence-electron chi connectivity index (χ0n) is 12.9. The van der Waals surface area contributed by atoms with Crippen molar-refractivity contribution in [1.29, 1.82) is 0 Å². The highest BCUT2D eigenvalue weighted by Gasteiger charge is 2.43. The first-order valence-electron chi connectivity index (χ1n) is 7.85. The number of amides is 3. The van der Waals surface area contributed by atoms with Crippen LogP contribution >= 0.6 is 11.3 Å². The summed E-state index contributed by atoms with van der Waals surface area (Å²) >= 11 is 1.57. The van der Waals surface area contributed by atoms with Gasteiger partial charge in [0.25, 0.3) is 5.91 Å². The van der Waals surface area contributed by atoms with Gasteiger partial charge in [-0.15, -0.1) is 0 Å². The van der Waals surface area contributed by atoms with Crippen molar-refractivity contribution >= 4 is 23.3 Å². The molecule has 1 aromatic rings. The zero-order chi connectivity index (χ0) is 16.0. The summed E-state index contributed by atoms with van der Waals surface area (Å²) in [7, 11) is 1.72. The van der Waals surface area contributed by atoms with Gasteiger partial charge >= 0.3 is 6.03 Å². The van der Waals surface area contributed by atoms with Crippen LogP contribution in [-0.2, 0) is 9.53 Å². The second-order valence-electron chi connectivity index (χ2n) is 6.18. The summed E-state index contributed by atoms with van der Waals surface area (Å²) in [5.74, 6) is 0.0125. The molecule has 0 spiro atoms. The molecular weight excluding hydrogens is 314 g/mol. The maximum Gasteiger partial charge on any atom is 0.322 e. The number of hydrogen-bond donors (Lipinski definition) is 1. The minimum absolute atomic E-state index is 0.0125. The summed E-state index contributed by atoms with van der Waals surface area (Å²) < 4.78 is 5.66. The quantitative estimate of drug-likeness (QED) is 0.916. The van der Waals surface area contributed by atoms with Gasteiger partial charge in [0.15, 0.2) is 0 Å². The Kier molecular flexibility index (Phi) is 3.61. The van der Waals surface area contributed by atoms with Crippen LogP contribution < -0.4 is 5.32 Å². The summed E-state index contributed by atoms with van der Waals surface area (Å²) in [4.78, 5) is 28.5. The van der Waals surface area contributed by atoms with Gasteiger partial charge < -0.3 is 15.0 Å². The normalized spacial score (nSPS) is 27.7. The first-order chi connectivity index (χ1) is 11.1. The van der Waals surface area contributed by atoms with E-state index < -0.39 is 0 Å². The number of nitrogens with one attached hydrogen (secondary N) is 1. The molecule has 0 aliphatic carbocycles. The van der Waals surface area contributed by atoms with Crippen molar-refractivity contribution in [3.63, 3.8) is 0 Å². The van der Waals surface area contributed by atoms with E-state index in [0.717, 1.165) is 30.7 Å². The Morgan fingerprint density at radius 3 is 3.00 bits per heavy atom. The average molecular weight is 333 g/mol. The fourth-order valence-corrected chi connectivity index (χ4v) is 4.18.